The van der Waals surface area contributed by atoms with Crippen LogP contribution in [0.25, 0.3) is 0 Å². The molecule has 0 unspecified atom stereocenters. The predicted molar refractivity (Wildman–Crippen MR) is 76.9 cm³/mol. The average molecular weight is 310 g/mol. The van der Waals surface area contributed by atoms with Crippen LogP contribution < -0.4 is 15.2 Å². The fourth-order valence-corrected chi connectivity index (χ4v) is 1.74. The summed E-state index contributed by atoms with van der Waals surface area (Å²) in [7, 11) is 1.38. The van der Waals surface area contributed by atoms with E-state index in [1.54, 1.807) is 6.92 Å². The highest BCUT2D eigenvalue weighted by molar-refractivity contribution is 5.96. The van der Waals surface area contributed by atoms with E-state index >= 15 is 0 Å². The third kappa shape index (κ3) is 4.65. The van der Waals surface area contributed by atoms with Crippen molar-refractivity contribution in [3.63, 3.8) is 0 Å². The normalized spacial score (nSPS) is 9.91. The fourth-order valence-electron chi connectivity index (χ4n) is 1.74. The number of likely N-dealkylation sites (N-methyl/N-ethyl adjacent to an activating group) is 1. The molecule has 2 amide bonds. The first kappa shape index (κ1) is 17.3. The number of nitrogens with two attached hydrogens (primary N) is 1. The van der Waals surface area contributed by atoms with Gasteiger partial charge in [0.1, 0.15) is 6.54 Å². The van der Waals surface area contributed by atoms with E-state index in [0.717, 1.165) is 0 Å². The van der Waals surface area contributed by atoms with Crippen molar-refractivity contribution < 1.29 is 29.0 Å². The summed E-state index contributed by atoms with van der Waals surface area (Å²) in [6, 6.07) is 4.35. The van der Waals surface area contributed by atoms with Crippen LogP contribution in [0.15, 0.2) is 18.2 Å². The zero-order valence-corrected chi connectivity index (χ0v) is 12.4. The highest BCUT2D eigenvalue weighted by Gasteiger charge is 2.19. The molecule has 0 aromatic heterocycles. The van der Waals surface area contributed by atoms with Crippen LogP contribution in [0.1, 0.15) is 17.3 Å². The second kappa shape index (κ2) is 7.87. The molecule has 8 nitrogen and oxygen atoms in total. The van der Waals surface area contributed by atoms with E-state index in [1.807, 2.05) is 0 Å². The molecule has 1 aromatic carbocycles. The SMILES string of the molecule is CCN(CC(=O)O)C(=O)c1ccc(OCC(N)=O)c(OC)c1. The Kier molecular flexibility index (Phi) is 6.18. The Bertz CT molecular complexity index is 572. The first-order valence-electron chi connectivity index (χ1n) is 6.49. The molecule has 0 atom stereocenters. The molecule has 1 rings (SSSR count). The van der Waals surface area contributed by atoms with E-state index in [0.29, 0.717) is 0 Å². The van der Waals surface area contributed by atoms with E-state index in [4.69, 9.17) is 20.3 Å². The Morgan fingerprint density at radius 1 is 1.27 bits per heavy atom. The summed E-state index contributed by atoms with van der Waals surface area (Å²) >= 11 is 0. The number of carbonyl (C=O) groups excluding carboxylic acids is 2. The molecule has 8 heteroatoms. The zero-order valence-electron chi connectivity index (χ0n) is 12.4. The smallest absolute Gasteiger partial charge is 0.323 e. The summed E-state index contributed by atoms with van der Waals surface area (Å²) in [6.07, 6.45) is 0. The van der Waals surface area contributed by atoms with Crippen LogP contribution in [0.5, 0.6) is 11.5 Å². The molecule has 0 saturated carbocycles. The molecule has 0 heterocycles. The van der Waals surface area contributed by atoms with Gasteiger partial charge in [-0.2, -0.15) is 0 Å². The van der Waals surface area contributed by atoms with Crippen molar-refractivity contribution >= 4 is 17.8 Å². The molecule has 120 valence electrons. The minimum absolute atomic E-state index is 0.249. The Labute approximate surface area is 127 Å². The van der Waals surface area contributed by atoms with Gasteiger partial charge < -0.3 is 25.2 Å². The number of benzene rings is 1. The molecule has 3 N–H and O–H groups in total. The minimum Gasteiger partial charge on any atom is -0.493 e. The van der Waals surface area contributed by atoms with E-state index in [1.165, 1.54) is 30.2 Å². The van der Waals surface area contributed by atoms with Crippen molar-refractivity contribution in [3.8, 4) is 11.5 Å². The average Bonchev–Trinajstić information content (AvgIpc) is 2.49. The molecule has 0 aliphatic carbocycles. The Morgan fingerprint density at radius 3 is 2.45 bits per heavy atom. The van der Waals surface area contributed by atoms with E-state index in [-0.39, 0.29) is 30.2 Å². The molecule has 0 spiro atoms. The van der Waals surface area contributed by atoms with Gasteiger partial charge in [0.2, 0.25) is 0 Å². The van der Waals surface area contributed by atoms with Crippen molar-refractivity contribution in [2.75, 3.05) is 26.8 Å². The van der Waals surface area contributed by atoms with E-state index in [2.05, 4.69) is 0 Å². The molecule has 0 aliphatic heterocycles. The van der Waals surface area contributed by atoms with Crippen molar-refractivity contribution in [3.05, 3.63) is 23.8 Å². The predicted octanol–water partition coefficient (Wildman–Crippen LogP) is 0.106. The monoisotopic (exact) mass is 310 g/mol. The summed E-state index contributed by atoms with van der Waals surface area (Å²) in [5.74, 6) is -1.66. The molecule has 0 fully saturated rings. The van der Waals surface area contributed by atoms with Crippen LogP contribution >= 0.6 is 0 Å². The number of carboxylic acid groups (broad SMARTS) is 1. The van der Waals surface area contributed by atoms with Gasteiger partial charge in [-0.15, -0.1) is 0 Å². The van der Waals surface area contributed by atoms with Gasteiger partial charge in [-0.05, 0) is 25.1 Å². The first-order valence-corrected chi connectivity index (χ1v) is 6.49. The van der Waals surface area contributed by atoms with Gasteiger partial charge in [-0.3, -0.25) is 14.4 Å². The molecular formula is C14H18N2O6. The third-order valence-electron chi connectivity index (χ3n) is 2.78. The quantitative estimate of drug-likeness (QED) is 0.703. The van der Waals surface area contributed by atoms with E-state index < -0.39 is 24.3 Å². The summed E-state index contributed by atoms with van der Waals surface area (Å²) in [6.45, 7) is 1.23. The van der Waals surface area contributed by atoms with Crippen LogP contribution in [-0.2, 0) is 9.59 Å². The molecule has 0 bridgehead atoms. The summed E-state index contributed by atoms with van der Waals surface area (Å²) in [4.78, 5) is 34.9. The standard InChI is InChI=1S/C14H18N2O6/c1-3-16(7-13(18)19)14(20)9-4-5-10(11(6-9)21-2)22-8-12(15)17/h4-6H,3,7-8H2,1-2H3,(H2,15,17)(H,18,19). The van der Waals surface area contributed by atoms with Gasteiger partial charge in [0.15, 0.2) is 18.1 Å². The highest BCUT2D eigenvalue weighted by Crippen LogP contribution is 2.28. The molecule has 0 aliphatic rings. The van der Waals surface area contributed by atoms with Crippen molar-refractivity contribution in [1.29, 1.82) is 0 Å². The van der Waals surface area contributed by atoms with Crippen molar-refractivity contribution in [2.45, 2.75) is 6.92 Å². The number of aliphatic carboxylic acids is 1. The molecule has 0 saturated heterocycles. The van der Waals surface area contributed by atoms with Gasteiger partial charge in [-0.25, -0.2) is 0 Å². The Hall–Kier alpha value is -2.77. The van der Waals surface area contributed by atoms with Crippen LogP contribution in [0, 0.1) is 0 Å². The number of carbonyl (C=O) groups is 3. The number of carboxylic acids is 1. The molecular weight excluding hydrogens is 292 g/mol. The minimum atomic E-state index is -1.09. The summed E-state index contributed by atoms with van der Waals surface area (Å²) in [5.41, 5.74) is 5.25. The lowest BCUT2D eigenvalue weighted by Crippen LogP contribution is -2.35. The number of nitrogens with zero attached hydrogens (tertiary/aromatic N) is 1. The van der Waals surface area contributed by atoms with Gasteiger partial charge in [-0.1, -0.05) is 0 Å². The van der Waals surface area contributed by atoms with E-state index in [9.17, 15) is 14.4 Å². The topological polar surface area (TPSA) is 119 Å². The number of hydrogen-bond acceptors (Lipinski definition) is 5. The fraction of sp³-hybridized carbons (Fsp3) is 0.357. The Morgan fingerprint density at radius 2 is 1.95 bits per heavy atom. The van der Waals surface area contributed by atoms with Crippen molar-refractivity contribution in [1.82, 2.24) is 4.90 Å². The number of hydrogen-bond donors (Lipinski definition) is 2. The lowest BCUT2D eigenvalue weighted by molar-refractivity contribution is -0.137. The lowest BCUT2D eigenvalue weighted by atomic mass is 10.1. The summed E-state index contributed by atoms with van der Waals surface area (Å²) < 4.78 is 10.3. The maximum atomic E-state index is 12.2. The molecule has 22 heavy (non-hydrogen) atoms. The number of ether oxygens (including phenoxy) is 2. The van der Waals surface area contributed by atoms with Crippen LogP contribution in [-0.4, -0.2) is 54.6 Å². The molecule has 1 aromatic rings. The largest absolute Gasteiger partial charge is 0.493 e. The number of amides is 2. The van der Waals surface area contributed by atoms with Gasteiger partial charge in [0, 0.05) is 12.1 Å². The van der Waals surface area contributed by atoms with Gasteiger partial charge >= 0.3 is 5.97 Å². The maximum absolute atomic E-state index is 12.2. The maximum Gasteiger partial charge on any atom is 0.323 e. The molecule has 0 radical (unpaired) electrons. The number of methoxy groups -OCH3 is 1. The van der Waals surface area contributed by atoms with Gasteiger partial charge in [0.25, 0.3) is 11.8 Å². The first-order chi connectivity index (χ1) is 10.4. The van der Waals surface area contributed by atoms with Crippen LogP contribution in [0.2, 0.25) is 0 Å². The second-order valence-electron chi connectivity index (χ2n) is 4.33. The highest BCUT2D eigenvalue weighted by atomic mass is 16.5. The number of rotatable bonds is 8. The second-order valence-corrected chi connectivity index (χ2v) is 4.33. The summed E-state index contributed by atoms with van der Waals surface area (Å²) in [5, 5.41) is 8.80. The van der Waals surface area contributed by atoms with Crippen molar-refractivity contribution in [2.24, 2.45) is 5.73 Å². The van der Waals surface area contributed by atoms with Crippen LogP contribution in [0.3, 0.4) is 0 Å². The zero-order chi connectivity index (χ0) is 16.7. The number of primary amides is 1. The third-order valence-corrected chi connectivity index (χ3v) is 2.78. The Balaban J connectivity index is 2.98. The lowest BCUT2D eigenvalue weighted by Gasteiger charge is -2.19. The van der Waals surface area contributed by atoms with Gasteiger partial charge in [0.05, 0.1) is 7.11 Å². The van der Waals surface area contributed by atoms with Crippen LogP contribution in [0.4, 0.5) is 0 Å².